The number of rotatable bonds is 12. The molecular weight excluding hydrogens is 476 g/mol. The summed E-state index contributed by atoms with van der Waals surface area (Å²) < 4.78 is 40.3. The van der Waals surface area contributed by atoms with Crippen LogP contribution in [0.2, 0.25) is 0 Å². The van der Waals surface area contributed by atoms with Gasteiger partial charge in [0, 0.05) is 23.7 Å². The number of hydrogen-bond donors (Lipinski definition) is 4. The topological polar surface area (TPSA) is 162 Å². The molecule has 3 aromatic rings. The molecule has 0 aliphatic heterocycles. The zero-order chi connectivity index (χ0) is 25.4. The van der Waals surface area contributed by atoms with E-state index in [4.69, 9.17) is 19.0 Å². The van der Waals surface area contributed by atoms with Crippen LogP contribution in [0, 0.1) is 0 Å². The quantitative estimate of drug-likeness (QED) is 0.275. The lowest BCUT2D eigenvalue weighted by Crippen LogP contribution is -2.43. The molecule has 2 aromatic carbocycles. The summed E-state index contributed by atoms with van der Waals surface area (Å²) in [7, 11) is -0.810. The summed E-state index contributed by atoms with van der Waals surface area (Å²) in [6.45, 7) is 0.111. The molecule has 0 aliphatic rings. The lowest BCUT2D eigenvalue weighted by Gasteiger charge is -2.18. The lowest BCUT2D eigenvalue weighted by molar-refractivity contribution is -0.118. The van der Waals surface area contributed by atoms with E-state index in [1.165, 1.54) is 14.2 Å². The minimum atomic E-state index is -3.80. The number of anilines is 1. The van der Waals surface area contributed by atoms with Gasteiger partial charge in [-0.1, -0.05) is 18.2 Å². The van der Waals surface area contributed by atoms with Crippen LogP contribution >= 0.6 is 0 Å². The number of fused-ring (bicyclic) bond motifs is 1. The minimum Gasteiger partial charge on any atom is -0.493 e. The van der Waals surface area contributed by atoms with Crippen LogP contribution in [-0.4, -0.2) is 47.0 Å². The number of methoxy groups -OCH3 is 2. The lowest BCUT2D eigenvalue weighted by atomic mass is 10.1. The third-order valence-electron chi connectivity index (χ3n) is 5.15. The van der Waals surface area contributed by atoms with Gasteiger partial charge in [0.25, 0.3) is 16.1 Å². The van der Waals surface area contributed by atoms with Crippen molar-refractivity contribution in [3.05, 3.63) is 54.3 Å². The van der Waals surface area contributed by atoms with Gasteiger partial charge in [-0.05, 0) is 43.5 Å². The van der Waals surface area contributed by atoms with E-state index in [9.17, 15) is 18.0 Å². The summed E-state index contributed by atoms with van der Waals surface area (Å²) in [6.07, 6.45) is 1.10. The molecule has 188 valence electrons. The Balaban J connectivity index is 1.71. The highest BCUT2D eigenvalue weighted by molar-refractivity contribution is 7.87. The van der Waals surface area contributed by atoms with Crippen LogP contribution in [0.25, 0.3) is 11.0 Å². The number of hydrogen-bond acceptors (Lipinski definition) is 7. The molecule has 1 aromatic heterocycles. The first-order chi connectivity index (χ1) is 16.7. The molecule has 0 saturated heterocycles. The Labute approximate surface area is 203 Å². The van der Waals surface area contributed by atoms with Crippen molar-refractivity contribution in [1.29, 1.82) is 0 Å². The fourth-order valence-corrected chi connectivity index (χ4v) is 3.85. The molecule has 12 heteroatoms. The monoisotopic (exact) mass is 504 g/mol. The molecule has 0 aliphatic carbocycles. The number of benzene rings is 2. The average Bonchev–Trinajstić information content (AvgIpc) is 3.26. The highest BCUT2D eigenvalue weighted by Gasteiger charge is 2.23. The third kappa shape index (κ3) is 7.44. The van der Waals surface area contributed by atoms with Crippen LogP contribution in [0.5, 0.6) is 11.5 Å². The van der Waals surface area contributed by atoms with Gasteiger partial charge in [-0.3, -0.25) is 9.59 Å². The van der Waals surface area contributed by atoms with Gasteiger partial charge in [0.1, 0.15) is 11.6 Å². The molecular formula is C23H28N4O7S. The Bertz CT molecular complexity index is 1260. The molecule has 35 heavy (non-hydrogen) atoms. The number of furan rings is 1. The van der Waals surface area contributed by atoms with E-state index >= 15 is 0 Å². The van der Waals surface area contributed by atoms with Gasteiger partial charge in [-0.25, -0.2) is 9.86 Å². The molecule has 2 amide bonds. The van der Waals surface area contributed by atoms with Gasteiger partial charge in [-0.2, -0.15) is 8.42 Å². The fraction of sp³-hybridized carbons (Fsp3) is 0.304. The number of nitrogens with two attached hydrogens (primary N) is 1. The summed E-state index contributed by atoms with van der Waals surface area (Å²) in [4.78, 5) is 25.9. The number of carbonyl (C=O) groups is 2. The SMILES string of the molecule is COc1ccc(NC(=O)C(CCCCNS(N)(=O)=O)NC(=O)c2cc3ccccc3o2)cc1OC. The van der Waals surface area contributed by atoms with Crippen LogP contribution in [0.15, 0.2) is 52.9 Å². The molecule has 1 heterocycles. The Morgan fingerprint density at radius 2 is 1.77 bits per heavy atom. The number of para-hydroxylation sites is 1. The van der Waals surface area contributed by atoms with E-state index < -0.39 is 28.1 Å². The molecule has 0 fully saturated rings. The van der Waals surface area contributed by atoms with Gasteiger partial charge in [0.05, 0.1) is 14.2 Å². The van der Waals surface area contributed by atoms with E-state index in [1.807, 2.05) is 12.1 Å². The van der Waals surface area contributed by atoms with Crippen LogP contribution in [-0.2, 0) is 15.0 Å². The van der Waals surface area contributed by atoms with Crippen molar-refractivity contribution in [3.63, 3.8) is 0 Å². The molecule has 11 nitrogen and oxygen atoms in total. The third-order valence-corrected chi connectivity index (χ3v) is 5.75. The normalized spacial score (nSPS) is 12.2. The van der Waals surface area contributed by atoms with Crippen LogP contribution in [0.1, 0.15) is 29.8 Å². The van der Waals surface area contributed by atoms with Crippen molar-refractivity contribution in [3.8, 4) is 11.5 Å². The summed E-state index contributed by atoms with van der Waals surface area (Å²) in [5, 5.41) is 11.2. The van der Waals surface area contributed by atoms with E-state index in [-0.39, 0.29) is 18.7 Å². The zero-order valence-corrected chi connectivity index (χ0v) is 20.2. The second kappa shape index (κ2) is 11.7. The molecule has 3 rings (SSSR count). The smallest absolute Gasteiger partial charge is 0.287 e. The molecule has 1 unspecified atom stereocenters. The molecule has 0 bridgehead atoms. The maximum absolute atomic E-state index is 13.1. The van der Waals surface area contributed by atoms with Crippen molar-refractivity contribution in [2.24, 2.45) is 5.14 Å². The number of unbranched alkanes of at least 4 members (excludes halogenated alkanes) is 1. The van der Waals surface area contributed by atoms with E-state index in [2.05, 4.69) is 15.4 Å². The van der Waals surface area contributed by atoms with Crippen LogP contribution in [0.3, 0.4) is 0 Å². The highest BCUT2D eigenvalue weighted by Crippen LogP contribution is 2.30. The molecule has 1 atom stereocenters. The van der Waals surface area contributed by atoms with Gasteiger partial charge in [0.2, 0.25) is 5.91 Å². The Hall–Kier alpha value is -3.61. The molecule has 0 radical (unpaired) electrons. The number of carbonyl (C=O) groups excluding carboxylic acids is 2. The first-order valence-electron chi connectivity index (χ1n) is 10.8. The number of nitrogens with one attached hydrogen (secondary N) is 3. The van der Waals surface area contributed by atoms with Crippen LogP contribution < -0.4 is 30.0 Å². The van der Waals surface area contributed by atoms with Crippen molar-refractivity contribution >= 4 is 38.7 Å². The van der Waals surface area contributed by atoms with Gasteiger partial charge in [0.15, 0.2) is 17.3 Å². The predicted molar refractivity (Wildman–Crippen MR) is 131 cm³/mol. The summed E-state index contributed by atoms with van der Waals surface area (Å²) in [5.41, 5.74) is 1.00. The summed E-state index contributed by atoms with van der Waals surface area (Å²) >= 11 is 0. The Morgan fingerprint density at radius 3 is 2.46 bits per heavy atom. The average molecular weight is 505 g/mol. The van der Waals surface area contributed by atoms with Crippen molar-refractivity contribution in [1.82, 2.24) is 10.0 Å². The van der Waals surface area contributed by atoms with Crippen molar-refractivity contribution in [2.45, 2.75) is 25.3 Å². The standard InChI is InChI=1S/C23H28N4O7S/c1-32-19-11-10-16(14-20(19)33-2)26-22(28)17(8-5-6-12-25-35(24,30)31)27-23(29)21-13-15-7-3-4-9-18(15)34-21/h3-4,7,9-11,13-14,17,25H,5-6,8,12H2,1-2H3,(H,26,28)(H,27,29)(H2,24,30,31). The maximum atomic E-state index is 13.1. The second-order valence-corrected chi connectivity index (χ2v) is 9.05. The van der Waals surface area contributed by atoms with E-state index in [0.29, 0.717) is 35.6 Å². The maximum Gasteiger partial charge on any atom is 0.287 e. The largest absolute Gasteiger partial charge is 0.493 e. The summed E-state index contributed by atoms with van der Waals surface area (Å²) in [5.74, 6) is 0.00763. The predicted octanol–water partition coefficient (Wildman–Crippen LogP) is 2.15. The second-order valence-electron chi connectivity index (χ2n) is 7.67. The Kier molecular flexibility index (Phi) is 8.68. The first kappa shape index (κ1) is 26.0. The van der Waals surface area contributed by atoms with Crippen LogP contribution in [0.4, 0.5) is 5.69 Å². The van der Waals surface area contributed by atoms with E-state index in [0.717, 1.165) is 5.39 Å². The number of ether oxygens (including phenoxy) is 2. The fourth-order valence-electron chi connectivity index (χ4n) is 3.42. The molecule has 0 spiro atoms. The van der Waals surface area contributed by atoms with Crippen molar-refractivity contribution in [2.75, 3.05) is 26.1 Å². The summed E-state index contributed by atoms with van der Waals surface area (Å²) in [6, 6.07) is 12.8. The minimum absolute atomic E-state index is 0.0750. The highest BCUT2D eigenvalue weighted by atomic mass is 32.2. The zero-order valence-electron chi connectivity index (χ0n) is 19.4. The van der Waals surface area contributed by atoms with E-state index in [1.54, 1.807) is 36.4 Å². The van der Waals surface area contributed by atoms with Gasteiger partial charge >= 0.3 is 0 Å². The first-order valence-corrected chi connectivity index (χ1v) is 12.3. The number of amides is 2. The Morgan fingerprint density at radius 1 is 1.03 bits per heavy atom. The molecule has 0 saturated carbocycles. The van der Waals surface area contributed by atoms with Crippen molar-refractivity contribution < 1.29 is 31.9 Å². The molecule has 5 N–H and O–H groups in total. The van der Waals surface area contributed by atoms with Gasteiger partial charge in [-0.15, -0.1) is 0 Å². The van der Waals surface area contributed by atoms with Gasteiger partial charge < -0.3 is 24.5 Å².